The molecular formula is C23H25FN4O4. The molecule has 4 rings (SSSR count). The van der Waals surface area contributed by atoms with Gasteiger partial charge in [0.1, 0.15) is 11.9 Å². The van der Waals surface area contributed by atoms with Gasteiger partial charge in [-0.15, -0.1) is 0 Å². The largest absolute Gasteiger partial charge is 0.463 e. The summed E-state index contributed by atoms with van der Waals surface area (Å²) in [6.07, 6.45) is 2.93. The number of carbonyl (C=O) groups excluding carboxylic acids is 2. The topological polar surface area (TPSA) is 99.7 Å². The zero-order valence-electron chi connectivity index (χ0n) is 17.9. The van der Waals surface area contributed by atoms with Crippen LogP contribution in [-0.4, -0.2) is 55.2 Å². The minimum Gasteiger partial charge on any atom is -0.463 e. The SMILES string of the molecule is COC(=O)c1cc(C2CCN(C(=O)C3CCN(c4ccc(F)cc4C#N)CC3)CC2)no1. The van der Waals surface area contributed by atoms with Crippen LogP contribution in [0.25, 0.3) is 0 Å². The molecule has 2 aliphatic heterocycles. The van der Waals surface area contributed by atoms with E-state index in [2.05, 4.69) is 20.9 Å². The highest BCUT2D eigenvalue weighted by atomic mass is 19.1. The van der Waals surface area contributed by atoms with Crippen LogP contribution < -0.4 is 4.90 Å². The summed E-state index contributed by atoms with van der Waals surface area (Å²) in [4.78, 5) is 28.6. The average Bonchev–Trinajstić information content (AvgIpc) is 3.33. The molecule has 0 saturated carbocycles. The fraction of sp³-hybridized carbons (Fsp3) is 0.478. The molecule has 8 nitrogen and oxygen atoms in total. The maximum Gasteiger partial charge on any atom is 0.376 e. The van der Waals surface area contributed by atoms with E-state index in [-0.39, 0.29) is 23.5 Å². The Bertz CT molecular complexity index is 1030. The van der Waals surface area contributed by atoms with Gasteiger partial charge in [0.15, 0.2) is 0 Å². The molecule has 0 N–H and O–H groups in total. The number of anilines is 1. The summed E-state index contributed by atoms with van der Waals surface area (Å²) in [6, 6.07) is 7.92. The highest BCUT2D eigenvalue weighted by molar-refractivity contribution is 5.86. The summed E-state index contributed by atoms with van der Waals surface area (Å²) in [7, 11) is 1.29. The first-order valence-corrected chi connectivity index (χ1v) is 10.8. The van der Waals surface area contributed by atoms with E-state index in [9.17, 15) is 19.2 Å². The van der Waals surface area contributed by atoms with Crippen molar-refractivity contribution in [3.8, 4) is 6.07 Å². The van der Waals surface area contributed by atoms with E-state index >= 15 is 0 Å². The number of likely N-dealkylation sites (tertiary alicyclic amines) is 1. The minimum absolute atomic E-state index is 0.0493. The molecule has 2 aliphatic rings. The second kappa shape index (κ2) is 9.39. The van der Waals surface area contributed by atoms with Crippen LogP contribution >= 0.6 is 0 Å². The Kier molecular flexibility index (Phi) is 6.40. The second-order valence-corrected chi connectivity index (χ2v) is 8.24. The predicted molar refractivity (Wildman–Crippen MR) is 112 cm³/mol. The van der Waals surface area contributed by atoms with Crippen molar-refractivity contribution in [1.82, 2.24) is 10.1 Å². The average molecular weight is 440 g/mol. The molecule has 0 atom stereocenters. The Labute approximate surface area is 185 Å². The molecule has 9 heteroatoms. The lowest BCUT2D eigenvalue weighted by Gasteiger charge is -2.37. The maximum atomic E-state index is 13.4. The van der Waals surface area contributed by atoms with Crippen LogP contribution in [0.5, 0.6) is 0 Å². The van der Waals surface area contributed by atoms with Crippen LogP contribution in [-0.2, 0) is 9.53 Å². The predicted octanol–water partition coefficient (Wildman–Crippen LogP) is 3.09. The van der Waals surface area contributed by atoms with Crippen molar-refractivity contribution in [3.05, 3.63) is 47.1 Å². The van der Waals surface area contributed by atoms with Gasteiger partial charge in [-0.1, -0.05) is 5.16 Å². The van der Waals surface area contributed by atoms with E-state index in [0.717, 1.165) is 24.2 Å². The molecule has 3 heterocycles. The van der Waals surface area contributed by atoms with Gasteiger partial charge >= 0.3 is 5.97 Å². The van der Waals surface area contributed by atoms with Crippen LogP contribution in [0.15, 0.2) is 28.8 Å². The summed E-state index contributed by atoms with van der Waals surface area (Å²) < 4.78 is 23.1. The lowest BCUT2D eigenvalue weighted by Crippen LogP contribution is -2.45. The third kappa shape index (κ3) is 4.44. The van der Waals surface area contributed by atoms with E-state index in [4.69, 9.17) is 4.52 Å². The first-order valence-electron chi connectivity index (χ1n) is 10.8. The number of amides is 1. The maximum absolute atomic E-state index is 13.4. The molecule has 168 valence electrons. The Morgan fingerprint density at radius 1 is 1.16 bits per heavy atom. The van der Waals surface area contributed by atoms with E-state index in [1.54, 1.807) is 12.1 Å². The molecule has 1 amide bonds. The van der Waals surface area contributed by atoms with E-state index < -0.39 is 11.8 Å². The van der Waals surface area contributed by atoms with Gasteiger partial charge in [-0.05, 0) is 43.9 Å². The Morgan fingerprint density at radius 3 is 2.53 bits per heavy atom. The number of esters is 1. The molecular weight excluding hydrogens is 415 g/mol. The Morgan fingerprint density at radius 2 is 1.88 bits per heavy atom. The van der Waals surface area contributed by atoms with E-state index in [0.29, 0.717) is 44.6 Å². The number of hydrogen-bond donors (Lipinski definition) is 0. The molecule has 0 bridgehead atoms. The van der Waals surface area contributed by atoms with Crippen LogP contribution in [0.3, 0.4) is 0 Å². The molecule has 2 saturated heterocycles. The normalized spacial score (nSPS) is 17.8. The Balaban J connectivity index is 1.30. The van der Waals surface area contributed by atoms with Gasteiger partial charge in [0, 0.05) is 44.1 Å². The first kappa shape index (κ1) is 21.8. The third-order valence-corrected chi connectivity index (χ3v) is 6.40. The zero-order chi connectivity index (χ0) is 22.7. The lowest BCUT2D eigenvalue weighted by molar-refractivity contribution is -0.137. The summed E-state index contributed by atoms with van der Waals surface area (Å²) in [5, 5.41) is 13.3. The summed E-state index contributed by atoms with van der Waals surface area (Å²) in [6.45, 7) is 2.59. The van der Waals surface area contributed by atoms with Crippen LogP contribution in [0, 0.1) is 23.1 Å². The number of hydrogen-bond acceptors (Lipinski definition) is 7. The number of nitriles is 1. The van der Waals surface area contributed by atoms with Gasteiger partial charge in [0.2, 0.25) is 11.7 Å². The van der Waals surface area contributed by atoms with E-state index in [1.165, 1.54) is 19.2 Å². The van der Waals surface area contributed by atoms with Crippen molar-refractivity contribution in [2.24, 2.45) is 5.92 Å². The standard InChI is InChI=1S/C23H25FN4O4/c1-31-23(30)21-13-19(26-32-21)15-4-10-28(11-5-15)22(29)16-6-8-27(9-7-16)20-3-2-18(24)12-17(20)14-25/h2-3,12-13,15-16H,4-11H2,1H3. The Hall–Kier alpha value is -3.41. The van der Waals surface area contributed by atoms with Crippen molar-refractivity contribution in [2.45, 2.75) is 31.6 Å². The number of piperidine rings is 2. The van der Waals surface area contributed by atoms with Gasteiger partial charge < -0.3 is 19.1 Å². The molecule has 1 aromatic heterocycles. The van der Waals surface area contributed by atoms with E-state index in [1.807, 2.05) is 4.90 Å². The summed E-state index contributed by atoms with van der Waals surface area (Å²) in [5.74, 6) is -0.625. The third-order valence-electron chi connectivity index (χ3n) is 6.40. The molecule has 0 spiro atoms. The minimum atomic E-state index is -0.551. The highest BCUT2D eigenvalue weighted by Crippen LogP contribution is 2.31. The van der Waals surface area contributed by atoms with Crippen molar-refractivity contribution >= 4 is 17.6 Å². The fourth-order valence-electron chi connectivity index (χ4n) is 4.57. The highest BCUT2D eigenvalue weighted by Gasteiger charge is 2.32. The number of carbonyl (C=O) groups is 2. The number of methoxy groups -OCH3 is 1. The van der Waals surface area contributed by atoms with Crippen LogP contribution in [0.1, 0.15) is 53.4 Å². The first-order chi connectivity index (χ1) is 15.5. The van der Waals surface area contributed by atoms with Crippen molar-refractivity contribution in [1.29, 1.82) is 5.26 Å². The van der Waals surface area contributed by atoms with Gasteiger partial charge in [-0.25, -0.2) is 9.18 Å². The second-order valence-electron chi connectivity index (χ2n) is 8.24. The fourth-order valence-corrected chi connectivity index (χ4v) is 4.57. The molecule has 1 aromatic carbocycles. The van der Waals surface area contributed by atoms with Crippen LogP contribution in [0.2, 0.25) is 0 Å². The number of benzene rings is 1. The molecule has 2 fully saturated rings. The van der Waals surface area contributed by atoms with Gasteiger partial charge in [-0.2, -0.15) is 5.26 Å². The monoisotopic (exact) mass is 440 g/mol. The molecule has 0 aliphatic carbocycles. The molecule has 32 heavy (non-hydrogen) atoms. The number of rotatable bonds is 4. The molecule has 2 aromatic rings. The van der Waals surface area contributed by atoms with Gasteiger partial charge in [0.05, 0.1) is 24.1 Å². The van der Waals surface area contributed by atoms with Crippen molar-refractivity contribution < 1.29 is 23.2 Å². The number of aromatic nitrogens is 1. The molecule has 0 radical (unpaired) electrons. The van der Waals surface area contributed by atoms with Crippen molar-refractivity contribution in [2.75, 3.05) is 38.2 Å². The lowest BCUT2D eigenvalue weighted by atomic mass is 9.90. The number of ether oxygens (including phenoxy) is 1. The van der Waals surface area contributed by atoms with Crippen molar-refractivity contribution in [3.63, 3.8) is 0 Å². The quantitative estimate of drug-likeness (QED) is 0.674. The molecule has 0 unspecified atom stereocenters. The van der Waals surface area contributed by atoms with Gasteiger partial charge in [-0.3, -0.25) is 4.79 Å². The summed E-state index contributed by atoms with van der Waals surface area (Å²) in [5.41, 5.74) is 1.76. The zero-order valence-corrected chi connectivity index (χ0v) is 17.9. The smallest absolute Gasteiger partial charge is 0.376 e. The van der Waals surface area contributed by atoms with Crippen LogP contribution in [0.4, 0.5) is 10.1 Å². The number of halogens is 1. The number of nitrogens with zero attached hydrogens (tertiary/aromatic N) is 4. The summed E-state index contributed by atoms with van der Waals surface area (Å²) >= 11 is 0. The van der Waals surface area contributed by atoms with Gasteiger partial charge in [0.25, 0.3) is 0 Å².